The smallest absolute Gasteiger partial charge is 0.129 e. The first-order valence-corrected chi connectivity index (χ1v) is 4.31. The minimum atomic E-state index is 0.417. The molecule has 0 aliphatic carbocycles. The predicted molar refractivity (Wildman–Crippen MR) is 39.5 cm³/mol. The first-order chi connectivity index (χ1) is 4.85. The molecular formula is C8H16NO+. The highest BCUT2D eigenvalue weighted by Gasteiger charge is 2.44. The lowest BCUT2D eigenvalue weighted by Gasteiger charge is -2.28. The first-order valence-electron chi connectivity index (χ1n) is 4.31. The summed E-state index contributed by atoms with van der Waals surface area (Å²) in [4.78, 5) is 0. The highest BCUT2D eigenvalue weighted by atomic mass is 16.3. The average Bonchev–Trinajstić information content (AvgIpc) is 2.72. The number of nitrogens with zero attached hydrogens (tertiary/aromatic N) is 1. The molecule has 0 aromatic carbocycles. The molecule has 2 fully saturated rings. The van der Waals surface area contributed by atoms with Gasteiger partial charge in [0.15, 0.2) is 0 Å². The van der Waals surface area contributed by atoms with Crippen molar-refractivity contribution in [3.63, 3.8) is 0 Å². The van der Waals surface area contributed by atoms with Crippen LogP contribution in [0.25, 0.3) is 0 Å². The van der Waals surface area contributed by atoms with E-state index in [1.165, 1.54) is 43.5 Å². The van der Waals surface area contributed by atoms with Gasteiger partial charge < -0.3 is 9.59 Å². The first kappa shape index (κ1) is 6.62. The fraction of sp³-hybridized carbons (Fsp3) is 1.00. The molecule has 0 saturated carbocycles. The van der Waals surface area contributed by atoms with Crippen molar-refractivity contribution < 1.29 is 9.59 Å². The van der Waals surface area contributed by atoms with Crippen LogP contribution in [0.5, 0.6) is 0 Å². The monoisotopic (exact) mass is 142 g/mol. The van der Waals surface area contributed by atoms with Crippen molar-refractivity contribution >= 4 is 0 Å². The van der Waals surface area contributed by atoms with E-state index >= 15 is 0 Å². The van der Waals surface area contributed by atoms with E-state index in [2.05, 4.69) is 0 Å². The molecule has 2 rings (SSSR count). The Bertz CT molecular complexity index is 121. The summed E-state index contributed by atoms with van der Waals surface area (Å²) in [6.07, 6.45) is 2.52. The molecule has 2 saturated heterocycles. The van der Waals surface area contributed by atoms with Crippen molar-refractivity contribution in [1.29, 1.82) is 0 Å². The van der Waals surface area contributed by atoms with E-state index in [9.17, 15) is 0 Å². The molecule has 2 aliphatic rings. The van der Waals surface area contributed by atoms with Crippen LogP contribution in [0.1, 0.15) is 12.8 Å². The molecule has 10 heavy (non-hydrogen) atoms. The summed E-state index contributed by atoms with van der Waals surface area (Å²) in [6.45, 7) is 5.92. The number of hydrogen-bond acceptors (Lipinski definition) is 1. The van der Waals surface area contributed by atoms with E-state index in [0.29, 0.717) is 12.5 Å². The highest BCUT2D eigenvalue weighted by Crippen LogP contribution is 2.30. The SMILES string of the molecule is OCC1CC[N+]2(CC1)CC2. The maximum Gasteiger partial charge on any atom is 0.129 e. The Kier molecular flexibility index (Phi) is 1.46. The summed E-state index contributed by atoms with van der Waals surface area (Å²) < 4.78 is 1.39. The summed E-state index contributed by atoms with van der Waals surface area (Å²) in [5.41, 5.74) is 0. The van der Waals surface area contributed by atoms with Gasteiger partial charge in [-0.15, -0.1) is 0 Å². The Hall–Kier alpha value is -0.0800. The van der Waals surface area contributed by atoms with Crippen LogP contribution >= 0.6 is 0 Å². The molecule has 1 N–H and O–H groups in total. The fourth-order valence-corrected chi connectivity index (χ4v) is 1.94. The molecule has 2 heteroatoms. The quantitative estimate of drug-likeness (QED) is 0.410. The van der Waals surface area contributed by atoms with Crippen molar-refractivity contribution in [1.82, 2.24) is 0 Å². The molecule has 0 bridgehead atoms. The van der Waals surface area contributed by atoms with Gasteiger partial charge in [-0.05, 0) is 5.92 Å². The highest BCUT2D eigenvalue weighted by molar-refractivity contribution is 4.68. The molecule has 0 aromatic rings. The third kappa shape index (κ3) is 1.06. The van der Waals surface area contributed by atoms with Crippen molar-refractivity contribution in [3.8, 4) is 0 Å². The van der Waals surface area contributed by atoms with Gasteiger partial charge in [0.05, 0.1) is 13.1 Å². The van der Waals surface area contributed by atoms with E-state index in [1.54, 1.807) is 0 Å². The number of aliphatic hydroxyl groups is 1. The molecule has 2 aliphatic heterocycles. The van der Waals surface area contributed by atoms with E-state index in [1.807, 2.05) is 0 Å². The second kappa shape index (κ2) is 2.21. The fourth-order valence-electron chi connectivity index (χ4n) is 1.94. The topological polar surface area (TPSA) is 20.2 Å². The van der Waals surface area contributed by atoms with Crippen molar-refractivity contribution in [2.75, 3.05) is 32.8 Å². The zero-order chi connectivity index (χ0) is 7.03. The van der Waals surface area contributed by atoms with Gasteiger partial charge in [-0.3, -0.25) is 0 Å². The van der Waals surface area contributed by atoms with Gasteiger partial charge in [-0.25, -0.2) is 0 Å². The summed E-state index contributed by atoms with van der Waals surface area (Å²) in [6, 6.07) is 0. The van der Waals surface area contributed by atoms with E-state index in [4.69, 9.17) is 5.11 Å². The Labute approximate surface area is 62.0 Å². The second-order valence-electron chi connectivity index (χ2n) is 3.86. The lowest BCUT2D eigenvalue weighted by atomic mass is 9.98. The number of aliphatic hydroxyl groups excluding tert-OH is 1. The van der Waals surface area contributed by atoms with E-state index in [0.717, 1.165) is 0 Å². The van der Waals surface area contributed by atoms with Crippen LogP contribution in [0, 0.1) is 5.92 Å². The van der Waals surface area contributed by atoms with Crippen LogP contribution in [0.4, 0.5) is 0 Å². The maximum atomic E-state index is 8.87. The Morgan fingerprint density at radius 2 is 1.70 bits per heavy atom. The molecule has 58 valence electrons. The van der Waals surface area contributed by atoms with Gasteiger partial charge in [-0.2, -0.15) is 0 Å². The van der Waals surface area contributed by atoms with Gasteiger partial charge in [0.1, 0.15) is 13.1 Å². The lowest BCUT2D eigenvalue weighted by Crippen LogP contribution is -2.36. The molecule has 0 atom stereocenters. The maximum absolute atomic E-state index is 8.87. The lowest BCUT2D eigenvalue weighted by molar-refractivity contribution is -0.807. The summed E-state index contributed by atoms with van der Waals surface area (Å²) in [7, 11) is 0. The van der Waals surface area contributed by atoms with E-state index in [-0.39, 0.29) is 0 Å². The molecule has 2 heterocycles. The van der Waals surface area contributed by atoms with Gasteiger partial charge in [0, 0.05) is 19.4 Å². The van der Waals surface area contributed by atoms with Crippen molar-refractivity contribution in [3.05, 3.63) is 0 Å². The molecule has 0 radical (unpaired) electrons. The van der Waals surface area contributed by atoms with Crippen molar-refractivity contribution in [2.45, 2.75) is 12.8 Å². The van der Waals surface area contributed by atoms with Crippen LogP contribution in [0.3, 0.4) is 0 Å². The van der Waals surface area contributed by atoms with Crippen LogP contribution < -0.4 is 0 Å². The largest absolute Gasteiger partial charge is 0.396 e. The van der Waals surface area contributed by atoms with Gasteiger partial charge in [-0.1, -0.05) is 0 Å². The molecule has 0 unspecified atom stereocenters. The number of piperidine rings is 1. The van der Waals surface area contributed by atoms with Gasteiger partial charge >= 0.3 is 0 Å². The molecule has 1 spiro atoms. The van der Waals surface area contributed by atoms with E-state index < -0.39 is 0 Å². The van der Waals surface area contributed by atoms with Crippen LogP contribution in [-0.4, -0.2) is 42.4 Å². The standard InChI is InChI=1S/C8H16NO/c10-7-8-1-3-9(4-2-8)5-6-9/h8,10H,1-7H2/q+1. The predicted octanol–water partition coefficient (Wildman–Crippen LogP) is 0.219. The molecular weight excluding hydrogens is 126 g/mol. The number of quaternary nitrogens is 1. The van der Waals surface area contributed by atoms with Gasteiger partial charge in [0.2, 0.25) is 0 Å². The normalized spacial score (nSPS) is 30.9. The molecule has 0 aromatic heterocycles. The van der Waals surface area contributed by atoms with Crippen LogP contribution in [0.2, 0.25) is 0 Å². The second-order valence-corrected chi connectivity index (χ2v) is 3.86. The Morgan fingerprint density at radius 1 is 1.10 bits per heavy atom. The Balaban J connectivity index is 1.84. The third-order valence-electron chi connectivity index (χ3n) is 3.14. The van der Waals surface area contributed by atoms with Crippen LogP contribution in [-0.2, 0) is 0 Å². The average molecular weight is 142 g/mol. The van der Waals surface area contributed by atoms with Crippen LogP contribution in [0.15, 0.2) is 0 Å². The zero-order valence-electron chi connectivity index (χ0n) is 6.42. The minimum absolute atomic E-state index is 0.417. The Morgan fingerprint density at radius 3 is 2.10 bits per heavy atom. The van der Waals surface area contributed by atoms with Crippen molar-refractivity contribution in [2.24, 2.45) is 5.92 Å². The van der Waals surface area contributed by atoms with Gasteiger partial charge in [0.25, 0.3) is 0 Å². The number of hydrogen-bond donors (Lipinski definition) is 1. The number of rotatable bonds is 1. The zero-order valence-corrected chi connectivity index (χ0v) is 6.42. The molecule has 2 nitrogen and oxygen atoms in total. The third-order valence-corrected chi connectivity index (χ3v) is 3.14. The minimum Gasteiger partial charge on any atom is -0.396 e. The molecule has 0 amide bonds. The summed E-state index contributed by atoms with van der Waals surface area (Å²) in [5, 5.41) is 8.87. The summed E-state index contributed by atoms with van der Waals surface area (Å²) in [5.74, 6) is 0.629. The summed E-state index contributed by atoms with van der Waals surface area (Å²) >= 11 is 0.